The van der Waals surface area contributed by atoms with Gasteiger partial charge in [-0.1, -0.05) is 17.7 Å². The van der Waals surface area contributed by atoms with Crippen LogP contribution in [-0.4, -0.2) is 37.1 Å². The van der Waals surface area contributed by atoms with Crippen LogP contribution in [0.3, 0.4) is 0 Å². The number of nitrogens with zero attached hydrogens (tertiary/aromatic N) is 2. The maximum absolute atomic E-state index is 12.0. The third-order valence-corrected chi connectivity index (χ3v) is 3.04. The minimum absolute atomic E-state index is 0.0619. The molecule has 1 aliphatic heterocycles. The Labute approximate surface area is 122 Å². The number of halogens is 1. The van der Waals surface area contributed by atoms with Crippen molar-refractivity contribution in [3.8, 4) is 6.07 Å². The molecule has 1 heterocycles. The Bertz CT molecular complexity index is 560. The molecule has 20 heavy (non-hydrogen) atoms. The molecule has 0 aromatic heterocycles. The van der Waals surface area contributed by atoms with Gasteiger partial charge in [-0.25, -0.2) is 0 Å². The lowest BCUT2D eigenvalue weighted by molar-refractivity contribution is -0.112. The van der Waals surface area contributed by atoms with E-state index in [1.807, 2.05) is 11.0 Å². The number of ether oxygens (including phenoxy) is 1. The molecule has 104 valence electrons. The summed E-state index contributed by atoms with van der Waals surface area (Å²) >= 11 is 5.84. The largest absolute Gasteiger partial charge is 0.378 e. The first-order valence-corrected chi connectivity index (χ1v) is 6.57. The van der Waals surface area contributed by atoms with E-state index in [1.165, 1.54) is 0 Å². The summed E-state index contributed by atoms with van der Waals surface area (Å²) in [5, 5.41) is 12.3. The molecule has 1 aromatic carbocycles. The normalized spacial score (nSPS) is 15.6. The van der Waals surface area contributed by atoms with Crippen LogP contribution in [0.1, 0.15) is 0 Å². The minimum atomic E-state index is -0.443. The first-order valence-electron chi connectivity index (χ1n) is 6.19. The van der Waals surface area contributed by atoms with Crippen molar-refractivity contribution in [2.24, 2.45) is 0 Å². The fourth-order valence-corrected chi connectivity index (χ4v) is 1.98. The summed E-state index contributed by atoms with van der Waals surface area (Å²) in [6, 6.07) is 8.71. The third-order valence-electron chi connectivity index (χ3n) is 2.80. The minimum Gasteiger partial charge on any atom is -0.378 e. The van der Waals surface area contributed by atoms with Crippen LogP contribution in [0.15, 0.2) is 36.0 Å². The fourth-order valence-electron chi connectivity index (χ4n) is 1.79. The molecule has 0 unspecified atom stereocenters. The Morgan fingerprint density at radius 3 is 2.85 bits per heavy atom. The lowest BCUT2D eigenvalue weighted by atomic mass is 10.2. The molecule has 0 spiro atoms. The molecule has 1 aliphatic rings. The van der Waals surface area contributed by atoms with Gasteiger partial charge in [-0.3, -0.25) is 4.79 Å². The molecule has 0 aliphatic carbocycles. The molecule has 5 nitrogen and oxygen atoms in total. The van der Waals surface area contributed by atoms with Gasteiger partial charge in [0.1, 0.15) is 11.6 Å². The Balaban J connectivity index is 2.05. The summed E-state index contributed by atoms with van der Waals surface area (Å²) in [6.45, 7) is 2.56. The van der Waals surface area contributed by atoms with Crippen LogP contribution in [0.5, 0.6) is 0 Å². The predicted molar refractivity (Wildman–Crippen MR) is 76.2 cm³/mol. The number of anilines is 1. The maximum Gasteiger partial charge on any atom is 0.267 e. The Morgan fingerprint density at radius 2 is 2.20 bits per heavy atom. The summed E-state index contributed by atoms with van der Waals surface area (Å²) in [6.07, 6.45) is 1.57. The number of hydrogen-bond donors (Lipinski definition) is 1. The van der Waals surface area contributed by atoms with Gasteiger partial charge < -0.3 is 15.0 Å². The van der Waals surface area contributed by atoms with Crippen LogP contribution in [0.2, 0.25) is 5.02 Å². The van der Waals surface area contributed by atoms with Crippen LogP contribution in [0, 0.1) is 11.3 Å². The molecule has 1 aromatic rings. The van der Waals surface area contributed by atoms with E-state index in [0.29, 0.717) is 37.0 Å². The lowest BCUT2D eigenvalue weighted by Gasteiger charge is -2.25. The van der Waals surface area contributed by atoms with Gasteiger partial charge in [-0.2, -0.15) is 5.26 Å². The topological polar surface area (TPSA) is 65.4 Å². The number of benzene rings is 1. The van der Waals surface area contributed by atoms with Gasteiger partial charge in [0.2, 0.25) is 0 Å². The average Bonchev–Trinajstić information content (AvgIpc) is 2.45. The number of hydrogen-bond acceptors (Lipinski definition) is 4. The van der Waals surface area contributed by atoms with Crippen molar-refractivity contribution in [1.82, 2.24) is 4.90 Å². The zero-order valence-corrected chi connectivity index (χ0v) is 11.6. The Morgan fingerprint density at radius 1 is 1.45 bits per heavy atom. The van der Waals surface area contributed by atoms with E-state index in [4.69, 9.17) is 21.6 Å². The van der Waals surface area contributed by atoms with Crippen molar-refractivity contribution in [2.75, 3.05) is 31.6 Å². The molecular weight excluding hydrogens is 278 g/mol. The van der Waals surface area contributed by atoms with Crippen molar-refractivity contribution < 1.29 is 9.53 Å². The second kappa shape index (κ2) is 6.94. The van der Waals surface area contributed by atoms with Crippen LogP contribution in [-0.2, 0) is 9.53 Å². The van der Waals surface area contributed by atoms with Crippen LogP contribution < -0.4 is 5.32 Å². The Kier molecular flexibility index (Phi) is 4.99. The van der Waals surface area contributed by atoms with Crippen LogP contribution >= 0.6 is 11.6 Å². The summed E-state index contributed by atoms with van der Waals surface area (Å²) in [5.41, 5.74) is 0.623. The van der Waals surface area contributed by atoms with Crippen LogP contribution in [0.4, 0.5) is 5.69 Å². The zero-order chi connectivity index (χ0) is 14.4. The quantitative estimate of drug-likeness (QED) is 0.683. The summed E-state index contributed by atoms with van der Waals surface area (Å²) in [5.74, 6) is -0.443. The molecule has 1 amide bonds. The van der Waals surface area contributed by atoms with Crippen molar-refractivity contribution in [3.63, 3.8) is 0 Å². The molecule has 0 bridgehead atoms. The number of nitrogens with one attached hydrogen (secondary N) is 1. The van der Waals surface area contributed by atoms with Gasteiger partial charge in [0.15, 0.2) is 0 Å². The monoisotopic (exact) mass is 291 g/mol. The first-order chi connectivity index (χ1) is 9.69. The van der Waals surface area contributed by atoms with E-state index in [0.717, 1.165) is 0 Å². The van der Waals surface area contributed by atoms with Crippen molar-refractivity contribution in [3.05, 3.63) is 41.1 Å². The van der Waals surface area contributed by atoms with Gasteiger partial charge in [0, 0.05) is 30.0 Å². The van der Waals surface area contributed by atoms with Gasteiger partial charge in [0.05, 0.1) is 13.2 Å². The fraction of sp³-hybridized carbons (Fsp3) is 0.286. The van der Waals surface area contributed by atoms with E-state index < -0.39 is 5.91 Å². The summed E-state index contributed by atoms with van der Waals surface area (Å²) in [7, 11) is 0. The van der Waals surface area contributed by atoms with Gasteiger partial charge >= 0.3 is 0 Å². The molecular formula is C14H14ClN3O2. The van der Waals surface area contributed by atoms with Crippen molar-refractivity contribution >= 4 is 23.2 Å². The number of nitriles is 1. The molecule has 0 saturated carbocycles. The molecule has 1 fully saturated rings. The van der Waals surface area contributed by atoms with E-state index in [1.54, 1.807) is 30.5 Å². The van der Waals surface area contributed by atoms with Crippen molar-refractivity contribution in [1.29, 1.82) is 5.26 Å². The highest BCUT2D eigenvalue weighted by Gasteiger charge is 2.13. The molecule has 0 radical (unpaired) electrons. The van der Waals surface area contributed by atoms with Gasteiger partial charge in [-0.05, 0) is 18.2 Å². The van der Waals surface area contributed by atoms with Crippen molar-refractivity contribution in [2.45, 2.75) is 0 Å². The molecule has 2 rings (SSSR count). The number of morpholine rings is 1. The molecule has 1 N–H and O–H groups in total. The van der Waals surface area contributed by atoms with E-state index >= 15 is 0 Å². The molecule has 0 atom stereocenters. The zero-order valence-electron chi connectivity index (χ0n) is 10.8. The highest BCUT2D eigenvalue weighted by Crippen LogP contribution is 2.15. The number of rotatable bonds is 3. The number of carbonyl (C=O) groups excluding carboxylic acids is 1. The smallest absolute Gasteiger partial charge is 0.267 e. The standard InChI is InChI=1S/C14H14ClN3O2/c15-12-2-1-3-13(8-12)17-14(19)11(9-16)10-18-4-6-20-7-5-18/h1-3,8,10H,4-7H2,(H,17,19)/b11-10-. The highest BCUT2D eigenvalue weighted by atomic mass is 35.5. The van der Waals surface area contributed by atoms with Gasteiger partial charge in [-0.15, -0.1) is 0 Å². The maximum atomic E-state index is 12.0. The van der Waals surface area contributed by atoms with Gasteiger partial charge in [0.25, 0.3) is 5.91 Å². The lowest BCUT2D eigenvalue weighted by Crippen LogP contribution is -2.33. The average molecular weight is 292 g/mol. The number of carbonyl (C=O) groups is 1. The Hall–Kier alpha value is -2.03. The highest BCUT2D eigenvalue weighted by molar-refractivity contribution is 6.31. The van der Waals surface area contributed by atoms with E-state index in [-0.39, 0.29) is 5.57 Å². The second-order valence-electron chi connectivity index (χ2n) is 4.27. The summed E-state index contributed by atoms with van der Waals surface area (Å²) in [4.78, 5) is 13.9. The second-order valence-corrected chi connectivity index (χ2v) is 4.70. The van der Waals surface area contributed by atoms with E-state index in [2.05, 4.69) is 5.32 Å². The summed E-state index contributed by atoms with van der Waals surface area (Å²) < 4.78 is 5.22. The number of amides is 1. The predicted octanol–water partition coefficient (Wildman–Crippen LogP) is 2.02. The van der Waals surface area contributed by atoms with E-state index in [9.17, 15) is 4.79 Å². The van der Waals surface area contributed by atoms with Crippen LogP contribution in [0.25, 0.3) is 0 Å². The molecule has 1 saturated heterocycles. The third kappa shape index (κ3) is 3.98. The molecule has 6 heteroatoms. The SMILES string of the molecule is N#C/C(=C/N1CCOCC1)C(=O)Nc1cccc(Cl)c1. The first kappa shape index (κ1) is 14.4.